The smallest absolute Gasteiger partial charge is 0.138 e. The minimum absolute atomic E-state index is 0.00859. The van der Waals surface area contributed by atoms with Crippen molar-refractivity contribution in [2.75, 3.05) is 0 Å². The Morgan fingerprint density at radius 1 is 1.39 bits per heavy atom. The fourth-order valence-electron chi connectivity index (χ4n) is 2.43. The van der Waals surface area contributed by atoms with E-state index in [4.69, 9.17) is 14.6 Å². The third kappa shape index (κ3) is 2.82. The van der Waals surface area contributed by atoms with Crippen molar-refractivity contribution in [3.8, 4) is 5.75 Å². The normalized spacial score (nSPS) is 25.1. The van der Waals surface area contributed by atoms with E-state index in [0.717, 1.165) is 6.42 Å². The van der Waals surface area contributed by atoms with E-state index < -0.39 is 0 Å². The van der Waals surface area contributed by atoms with Gasteiger partial charge in [-0.1, -0.05) is 0 Å². The summed E-state index contributed by atoms with van der Waals surface area (Å²) < 4.78 is 11.9. The number of aromatic nitrogens is 1. The third-order valence-electron chi connectivity index (χ3n) is 3.23. The molecule has 0 amide bonds. The monoisotopic (exact) mass is 251 g/mol. The number of aliphatic hydroxyl groups excluding tert-OH is 1. The SMILES string of the molecule is CC1(C)CC(Oc2ccc(CO)nc2)C(C)(C)O1. The van der Waals surface area contributed by atoms with Gasteiger partial charge < -0.3 is 14.6 Å². The number of ether oxygens (including phenoxy) is 2. The van der Waals surface area contributed by atoms with Gasteiger partial charge in [0.25, 0.3) is 0 Å². The Kier molecular flexibility index (Phi) is 3.34. The van der Waals surface area contributed by atoms with E-state index in [1.54, 1.807) is 12.3 Å². The molecule has 1 atom stereocenters. The van der Waals surface area contributed by atoms with Crippen LogP contribution >= 0.6 is 0 Å². The number of hydrogen-bond donors (Lipinski definition) is 1. The summed E-state index contributed by atoms with van der Waals surface area (Å²) >= 11 is 0. The summed E-state index contributed by atoms with van der Waals surface area (Å²) in [5, 5.41) is 8.94. The zero-order valence-electron chi connectivity index (χ0n) is 11.4. The van der Waals surface area contributed by atoms with Gasteiger partial charge in [-0.3, -0.25) is 4.98 Å². The van der Waals surface area contributed by atoms with E-state index in [1.807, 2.05) is 19.9 Å². The Morgan fingerprint density at radius 3 is 2.56 bits per heavy atom. The maximum atomic E-state index is 8.94. The van der Waals surface area contributed by atoms with E-state index in [0.29, 0.717) is 11.4 Å². The molecule has 2 heterocycles. The van der Waals surface area contributed by atoms with Crippen LogP contribution in [0.2, 0.25) is 0 Å². The third-order valence-corrected chi connectivity index (χ3v) is 3.23. The molecule has 18 heavy (non-hydrogen) atoms. The molecule has 1 aliphatic rings. The number of nitrogens with zero attached hydrogens (tertiary/aromatic N) is 1. The fraction of sp³-hybridized carbons (Fsp3) is 0.643. The molecule has 0 bridgehead atoms. The average Bonchev–Trinajstić information content (AvgIpc) is 2.48. The van der Waals surface area contributed by atoms with E-state index in [2.05, 4.69) is 18.8 Å². The molecular formula is C14H21NO3. The fourth-order valence-corrected chi connectivity index (χ4v) is 2.43. The highest BCUT2D eigenvalue weighted by Gasteiger charge is 2.47. The van der Waals surface area contributed by atoms with Crippen molar-refractivity contribution < 1.29 is 14.6 Å². The van der Waals surface area contributed by atoms with Gasteiger partial charge >= 0.3 is 0 Å². The molecule has 4 heteroatoms. The van der Waals surface area contributed by atoms with Crippen LogP contribution in [0.4, 0.5) is 0 Å². The second-order valence-electron chi connectivity index (χ2n) is 5.92. The van der Waals surface area contributed by atoms with Crippen molar-refractivity contribution in [1.29, 1.82) is 0 Å². The van der Waals surface area contributed by atoms with Crippen LogP contribution in [-0.2, 0) is 11.3 Å². The average molecular weight is 251 g/mol. The van der Waals surface area contributed by atoms with Gasteiger partial charge in [-0.25, -0.2) is 0 Å². The molecule has 0 aliphatic carbocycles. The number of pyridine rings is 1. The summed E-state index contributed by atoms with van der Waals surface area (Å²) in [4.78, 5) is 4.11. The van der Waals surface area contributed by atoms with Gasteiger partial charge in [0.05, 0.1) is 24.1 Å². The van der Waals surface area contributed by atoms with Crippen LogP contribution in [-0.4, -0.2) is 27.4 Å². The molecule has 1 aliphatic heterocycles. The molecule has 0 radical (unpaired) electrons. The van der Waals surface area contributed by atoms with Crippen LogP contribution < -0.4 is 4.74 Å². The molecule has 1 aromatic heterocycles. The molecule has 1 N–H and O–H groups in total. The summed E-state index contributed by atoms with van der Waals surface area (Å²) in [6.45, 7) is 8.19. The zero-order chi connectivity index (χ0) is 13.4. The molecule has 0 saturated carbocycles. The lowest BCUT2D eigenvalue weighted by molar-refractivity contribution is -0.0846. The van der Waals surface area contributed by atoms with Crippen LogP contribution in [0.25, 0.3) is 0 Å². The maximum Gasteiger partial charge on any atom is 0.138 e. The number of aliphatic hydroxyl groups is 1. The van der Waals surface area contributed by atoms with Gasteiger partial charge in [0.1, 0.15) is 17.5 Å². The van der Waals surface area contributed by atoms with Crippen molar-refractivity contribution in [2.45, 2.75) is 58.0 Å². The minimum atomic E-state index is -0.306. The summed E-state index contributed by atoms with van der Waals surface area (Å²) in [5.74, 6) is 0.714. The van der Waals surface area contributed by atoms with Crippen LogP contribution in [0.5, 0.6) is 5.75 Å². The van der Waals surface area contributed by atoms with Crippen LogP contribution in [0.15, 0.2) is 18.3 Å². The molecular weight excluding hydrogens is 230 g/mol. The molecule has 0 spiro atoms. The quantitative estimate of drug-likeness (QED) is 0.895. The summed E-state index contributed by atoms with van der Waals surface area (Å²) in [5.41, 5.74) is 0.177. The molecule has 1 unspecified atom stereocenters. The minimum Gasteiger partial charge on any atom is -0.486 e. The standard InChI is InChI=1S/C14H21NO3/c1-13(2)7-12(14(3,4)18-13)17-11-6-5-10(9-16)15-8-11/h5-6,8,12,16H,7,9H2,1-4H3. The van der Waals surface area contributed by atoms with Crippen LogP contribution in [0.1, 0.15) is 39.8 Å². The molecule has 0 aromatic carbocycles. The van der Waals surface area contributed by atoms with Gasteiger partial charge in [-0.15, -0.1) is 0 Å². The lowest BCUT2D eigenvalue weighted by atomic mass is 9.97. The summed E-state index contributed by atoms with van der Waals surface area (Å²) in [6.07, 6.45) is 2.50. The highest BCUT2D eigenvalue weighted by atomic mass is 16.6. The molecule has 2 rings (SSSR count). The van der Waals surface area contributed by atoms with Gasteiger partial charge in [-0.05, 0) is 39.8 Å². The molecule has 1 fully saturated rings. The lowest BCUT2D eigenvalue weighted by Crippen LogP contribution is -2.36. The topological polar surface area (TPSA) is 51.6 Å². The lowest BCUT2D eigenvalue weighted by Gasteiger charge is -2.27. The van der Waals surface area contributed by atoms with E-state index in [1.165, 1.54) is 0 Å². The first-order valence-electron chi connectivity index (χ1n) is 6.25. The summed E-state index contributed by atoms with van der Waals surface area (Å²) in [6, 6.07) is 3.60. The van der Waals surface area contributed by atoms with Crippen molar-refractivity contribution >= 4 is 0 Å². The zero-order valence-corrected chi connectivity index (χ0v) is 11.4. The Morgan fingerprint density at radius 2 is 2.11 bits per heavy atom. The van der Waals surface area contributed by atoms with Crippen LogP contribution in [0.3, 0.4) is 0 Å². The van der Waals surface area contributed by atoms with E-state index in [9.17, 15) is 0 Å². The molecule has 1 saturated heterocycles. The van der Waals surface area contributed by atoms with Gasteiger partial charge in [0, 0.05) is 6.42 Å². The Hall–Kier alpha value is -1.13. The Bertz CT molecular complexity index is 412. The van der Waals surface area contributed by atoms with Crippen molar-refractivity contribution in [1.82, 2.24) is 4.98 Å². The van der Waals surface area contributed by atoms with Crippen molar-refractivity contribution in [3.63, 3.8) is 0 Å². The first-order chi connectivity index (χ1) is 8.32. The van der Waals surface area contributed by atoms with Gasteiger partial charge in [0.2, 0.25) is 0 Å². The second kappa shape index (κ2) is 4.52. The number of hydrogen-bond acceptors (Lipinski definition) is 4. The van der Waals surface area contributed by atoms with Gasteiger partial charge in [0.15, 0.2) is 0 Å². The second-order valence-corrected chi connectivity index (χ2v) is 5.92. The molecule has 1 aromatic rings. The largest absolute Gasteiger partial charge is 0.486 e. The Balaban J connectivity index is 2.09. The van der Waals surface area contributed by atoms with Gasteiger partial charge in [-0.2, -0.15) is 0 Å². The summed E-state index contributed by atoms with van der Waals surface area (Å²) in [7, 11) is 0. The first kappa shape index (κ1) is 13.3. The van der Waals surface area contributed by atoms with Crippen molar-refractivity contribution in [3.05, 3.63) is 24.0 Å². The maximum absolute atomic E-state index is 8.94. The number of rotatable bonds is 3. The molecule has 100 valence electrons. The first-order valence-corrected chi connectivity index (χ1v) is 6.25. The van der Waals surface area contributed by atoms with E-state index in [-0.39, 0.29) is 23.9 Å². The van der Waals surface area contributed by atoms with Crippen LogP contribution in [0, 0.1) is 0 Å². The van der Waals surface area contributed by atoms with Crippen molar-refractivity contribution in [2.24, 2.45) is 0 Å². The van der Waals surface area contributed by atoms with E-state index >= 15 is 0 Å². The predicted octanol–water partition coefficient (Wildman–Crippen LogP) is 2.30. The highest BCUT2D eigenvalue weighted by molar-refractivity contribution is 5.20. The predicted molar refractivity (Wildman–Crippen MR) is 68.4 cm³/mol. The Labute approximate surface area is 108 Å². The highest BCUT2D eigenvalue weighted by Crippen LogP contribution is 2.39. The molecule has 4 nitrogen and oxygen atoms in total.